The van der Waals surface area contributed by atoms with Crippen molar-refractivity contribution in [3.63, 3.8) is 0 Å². The number of carbonyl (C=O) groups excluding carboxylic acids is 3. The Morgan fingerprint density at radius 3 is 2.00 bits per heavy atom. The van der Waals surface area contributed by atoms with Crippen LogP contribution in [0, 0.1) is 6.92 Å². The average molecular weight is 413 g/mol. The summed E-state index contributed by atoms with van der Waals surface area (Å²) in [7, 11) is 0. The number of hydrogen-bond donors (Lipinski definition) is 0. The van der Waals surface area contributed by atoms with Gasteiger partial charge in [-0.25, -0.2) is 0 Å². The van der Waals surface area contributed by atoms with E-state index in [9.17, 15) is 14.4 Å². The third kappa shape index (κ3) is 5.23. The summed E-state index contributed by atoms with van der Waals surface area (Å²) in [6.45, 7) is 7.47. The molecule has 0 N–H and O–H groups in total. The topological polar surface area (TPSA) is 88.1 Å². The molecule has 0 amide bonds. The zero-order valence-corrected chi connectivity index (χ0v) is 17.3. The molecular formula is C20H25ClO7. The van der Waals surface area contributed by atoms with Gasteiger partial charge < -0.3 is 18.9 Å². The molecule has 1 heterocycles. The molecule has 0 bridgehead atoms. The van der Waals surface area contributed by atoms with Gasteiger partial charge >= 0.3 is 17.9 Å². The van der Waals surface area contributed by atoms with Crippen LogP contribution in [-0.4, -0.2) is 42.3 Å². The van der Waals surface area contributed by atoms with E-state index in [0.717, 1.165) is 5.56 Å². The van der Waals surface area contributed by atoms with Crippen LogP contribution in [0.1, 0.15) is 51.3 Å². The van der Waals surface area contributed by atoms with Gasteiger partial charge in [0.05, 0.1) is 6.10 Å². The van der Waals surface area contributed by atoms with Crippen molar-refractivity contribution in [3.8, 4) is 0 Å². The van der Waals surface area contributed by atoms with E-state index >= 15 is 0 Å². The van der Waals surface area contributed by atoms with Gasteiger partial charge in [-0.05, 0) is 30.5 Å². The number of halogens is 1. The van der Waals surface area contributed by atoms with Gasteiger partial charge in [0, 0.05) is 25.8 Å². The van der Waals surface area contributed by atoms with Crippen LogP contribution in [-0.2, 0) is 33.3 Å². The zero-order valence-electron chi connectivity index (χ0n) is 16.6. The standard InChI is InChI=1S/C20H25ClO7/c1-6-16-18(25-11(3)22)20(27-13(5)24)19(26-12(4)23)17(28-16)14-8-7-10(2)15(21)9-14/h7-9,16-20H,6H2,1-5H3/t16-,17+,18-,19+,20+/m1/s1. The van der Waals surface area contributed by atoms with E-state index in [-0.39, 0.29) is 0 Å². The van der Waals surface area contributed by atoms with Crippen LogP contribution >= 0.6 is 11.6 Å². The minimum atomic E-state index is -1.02. The van der Waals surface area contributed by atoms with Crippen molar-refractivity contribution < 1.29 is 33.3 Å². The number of ether oxygens (including phenoxy) is 4. The molecule has 0 unspecified atom stereocenters. The predicted octanol–water partition coefficient (Wildman–Crippen LogP) is 3.29. The number of carbonyl (C=O) groups is 3. The van der Waals surface area contributed by atoms with Crippen LogP contribution in [0.5, 0.6) is 0 Å². The zero-order chi connectivity index (χ0) is 21.0. The Morgan fingerprint density at radius 2 is 1.50 bits per heavy atom. The van der Waals surface area contributed by atoms with Crippen molar-refractivity contribution in [2.24, 2.45) is 0 Å². The van der Waals surface area contributed by atoms with E-state index < -0.39 is 48.4 Å². The Bertz CT molecular complexity index is 748. The van der Waals surface area contributed by atoms with E-state index in [0.29, 0.717) is 17.0 Å². The third-order valence-corrected chi connectivity index (χ3v) is 4.87. The van der Waals surface area contributed by atoms with Crippen LogP contribution in [0.25, 0.3) is 0 Å². The SMILES string of the molecule is CC[C@H]1O[C@@H](c2ccc(C)c(Cl)c2)[C@H](OC(C)=O)[C@@H](OC(C)=O)[C@@H]1OC(C)=O. The second-order valence-electron chi connectivity index (χ2n) is 6.73. The van der Waals surface area contributed by atoms with Crippen LogP contribution in [0.2, 0.25) is 5.02 Å². The third-order valence-electron chi connectivity index (χ3n) is 4.47. The van der Waals surface area contributed by atoms with Crippen LogP contribution in [0.15, 0.2) is 18.2 Å². The molecule has 0 saturated carbocycles. The highest BCUT2D eigenvalue weighted by molar-refractivity contribution is 6.31. The minimum Gasteiger partial charge on any atom is -0.456 e. The highest BCUT2D eigenvalue weighted by atomic mass is 35.5. The number of benzene rings is 1. The highest BCUT2D eigenvalue weighted by Crippen LogP contribution is 2.39. The summed E-state index contributed by atoms with van der Waals surface area (Å²) in [6.07, 6.45) is -3.76. The van der Waals surface area contributed by atoms with Gasteiger partial charge in [-0.2, -0.15) is 0 Å². The van der Waals surface area contributed by atoms with Gasteiger partial charge in [0.2, 0.25) is 0 Å². The second-order valence-corrected chi connectivity index (χ2v) is 7.14. The Hall–Kier alpha value is -2.12. The van der Waals surface area contributed by atoms with Crippen LogP contribution in [0.4, 0.5) is 0 Å². The van der Waals surface area contributed by atoms with Gasteiger partial charge in [-0.1, -0.05) is 30.7 Å². The van der Waals surface area contributed by atoms with E-state index in [2.05, 4.69) is 0 Å². The Labute approximate surface area is 169 Å². The average Bonchev–Trinajstić information content (AvgIpc) is 2.59. The normalized spacial score (nSPS) is 27.0. The fourth-order valence-corrected chi connectivity index (χ4v) is 3.47. The first-order valence-electron chi connectivity index (χ1n) is 9.07. The van der Waals surface area contributed by atoms with Crippen molar-refractivity contribution in [1.82, 2.24) is 0 Å². The number of esters is 3. The maximum absolute atomic E-state index is 11.8. The van der Waals surface area contributed by atoms with E-state index in [1.165, 1.54) is 20.8 Å². The highest BCUT2D eigenvalue weighted by Gasteiger charge is 2.51. The molecule has 1 aliphatic heterocycles. The first kappa shape index (κ1) is 22.2. The lowest BCUT2D eigenvalue weighted by atomic mass is 9.89. The minimum absolute atomic E-state index is 0.485. The number of aryl methyl sites for hydroxylation is 1. The Kier molecular flexibility index (Phi) is 7.43. The number of hydrogen-bond acceptors (Lipinski definition) is 7. The van der Waals surface area contributed by atoms with Gasteiger partial charge in [-0.3, -0.25) is 14.4 Å². The molecule has 0 aliphatic carbocycles. The van der Waals surface area contributed by atoms with Crippen LogP contribution in [0.3, 0.4) is 0 Å². The first-order chi connectivity index (χ1) is 13.1. The molecule has 28 heavy (non-hydrogen) atoms. The van der Waals surface area contributed by atoms with Crippen LogP contribution < -0.4 is 0 Å². The summed E-state index contributed by atoms with van der Waals surface area (Å²) in [6, 6.07) is 5.36. The lowest BCUT2D eigenvalue weighted by Gasteiger charge is -2.44. The molecule has 1 aromatic rings. The Balaban J connectivity index is 2.53. The molecule has 2 rings (SSSR count). The molecular weight excluding hydrogens is 388 g/mol. The maximum Gasteiger partial charge on any atom is 0.303 e. The van der Waals surface area contributed by atoms with E-state index in [1.54, 1.807) is 6.07 Å². The monoisotopic (exact) mass is 412 g/mol. The lowest BCUT2D eigenvalue weighted by molar-refractivity contribution is -0.249. The van der Waals surface area contributed by atoms with Gasteiger partial charge in [0.15, 0.2) is 18.3 Å². The summed E-state index contributed by atoms with van der Waals surface area (Å²) < 4.78 is 22.5. The van der Waals surface area contributed by atoms with E-state index in [1.807, 2.05) is 26.0 Å². The van der Waals surface area contributed by atoms with Crippen molar-refractivity contribution in [2.75, 3.05) is 0 Å². The summed E-state index contributed by atoms with van der Waals surface area (Å²) in [4.78, 5) is 35.1. The molecule has 154 valence electrons. The molecule has 0 aromatic heterocycles. The largest absolute Gasteiger partial charge is 0.456 e. The molecule has 0 spiro atoms. The summed E-state index contributed by atoms with van der Waals surface area (Å²) in [5.74, 6) is -1.72. The van der Waals surface area contributed by atoms with Gasteiger partial charge in [0.1, 0.15) is 6.10 Å². The summed E-state index contributed by atoms with van der Waals surface area (Å²) in [5, 5.41) is 0.530. The molecule has 0 radical (unpaired) electrons. The molecule has 1 aliphatic rings. The quantitative estimate of drug-likeness (QED) is 0.541. The second kappa shape index (κ2) is 9.39. The predicted molar refractivity (Wildman–Crippen MR) is 101 cm³/mol. The van der Waals surface area contributed by atoms with Gasteiger partial charge in [-0.15, -0.1) is 0 Å². The molecule has 5 atom stereocenters. The van der Waals surface area contributed by atoms with Gasteiger partial charge in [0.25, 0.3) is 0 Å². The first-order valence-corrected chi connectivity index (χ1v) is 9.45. The molecule has 8 heteroatoms. The smallest absolute Gasteiger partial charge is 0.303 e. The molecule has 1 aromatic carbocycles. The molecule has 7 nitrogen and oxygen atoms in total. The van der Waals surface area contributed by atoms with Crippen molar-refractivity contribution in [2.45, 2.75) is 71.6 Å². The summed E-state index contributed by atoms with van der Waals surface area (Å²) in [5.41, 5.74) is 1.55. The molecule has 1 saturated heterocycles. The fourth-order valence-electron chi connectivity index (χ4n) is 3.28. The van der Waals surface area contributed by atoms with E-state index in [4.69, 9.17) is 30.5 Å². The van der Waals surface area contributed by atoms with Crippen molar-refractivity contribution in [3.05, 3.63) is 34.3 Å². The number of rotatable bonds is 5. The Morgan fingerprint density at radius 1 is 0.964 bits per heavy atom. The fraction of sp³-hybridized carbons (Fsp3) is 0.550. The molecule has 1 fully saturated rings. The summed E-state index contributed by atoms with van der Waals surface area (Å²) >= 11 is 6.26. The lowest BCUT2D eigenvalue weighted by Crippen LogP contribution is -2.58. The van der Waals surface area contributed by atoms with Crippen molar-refractivity contribution in [1.29, 1.82) is 0 Å². The maximum atomic E-state index is 11.8. The van der Waals surface area contributed by atoms with Crippen molar-refractivity contribution >= 4 is 29.5 Å².